The number of rotatable bonds is 12. The van der Waals surface area contributed by atoms with E-state index in [4.69, 9.17) is 4.74 Å². The zero-order valence-corrected chi connectivity index (χ0v) is 37.0. The van der Waals surface area contributed by atoms with Crippen LogP contribution >= 0.6 is 0 Å². The van der Waals surface area contributed by atoms with Gasteiger partial charge in [-0.2, -0.15) is 0 Å². The minimum atomic E-state index is -1.18. The summed E-state index contributed by atoms with van der Waals surface area (Å²) in [6.45, 7) is 24.2. The summed E-state index contributed by atoms with van der Waals surface area (Å²) in [6.07, 6.45) is 6.89. The van der Waals surface area contributed by atoms with Gasteiger partial charge in [0.25, 0.3) is 0 Å². The Balaban J connectivity index is 1.30. The van der Waals surface area contributed by atoms with Crippen LogP contribution in [0.3, 0.4) is 0 Å². The van der Waals surface area contributed by atoms with Gasteiger partial charge in [-0.05, 0) is 122 Å². The number of ether oxygens (including phenoxy) is 1. The van der Waals surface area contributed by atoms with Crippen LogP contribution in [-0.4, -0.2) is 57.5 Å². The summed E-state index contributed by atoms with van der Waals surface area (Å²) in [5.41, 5.74) is 0.984. The SMILES string of the molecule is CC(C)CC(=O)N(Cc1ccccc1)CC(O)C12CC[C@]3(C)[C@H](CC[C@@H]4[C@@]5(C)CC[C@H](OC(=O)CC(C)(C)C(=O)O)C(C)(C)[C@@H]5CC[C@]43C)C1=C(C(C)C)C(=O)C2. The molecule has 4 saturated carbocycles. The number of allylic oxidation sites excluding steroid dienone is 1. The van der Waals surface area contributed by atoms with Crippen molar-refractivity contribution in [2.75, 3.05) is 6.54 Å². The third-order valence-corrected chi connectivity index (χ3v) is 17.0. The van der Waals surface area contributed by atoms with Gasteiger partial charge in [0.15, 0.2) is 5.78 Å². The molecule has 8 heteroatoms. The van der Waals surface area contributed by atoms with Gasteiger partial charge in [-0.3, -0.25) is 19.2 Å². The van der Waals surface area contributed by atoms with Crippen LogP contribution in [0.4, 0.5) is 0 Å². The van der Waals surface area contributed by atoms with E-state index in [-0.39, 0.29) is 70.2 Å². The van der Waals surface area contributed by atoms with Crippen LogP contribution in [0.2, 0.25) is 0 Å². The van der Waals surface area contributed by atoms with Crippen molar-refractivity contribution in [2.45, 2.75) is 166 Å². The van der Waals surface area contributed by atoms with Crippen LogP contribution in [0, 0.1) is 62.1 Å². The van der Waals surface area contributed by atoms with Crippen molar-refractivity contribution in [1.29, 1.82) is 0 Å². The number of benzene rings is 1. The van der Waals surface area contributed by atoms with E-state index < -0.39 is 28.9 Å². The summed E-state index contributed by atoms with van der Waals surface area (Å²) in [4.78, 5) is 54.9. The maximum atomic E-state index is 14.3. The fourth-order valence-corrected chi connectivity index (χ4v) is 13.8. The Morgan fingerprint density at radius 2 is 1.54 bits per heavy atom. The fraction of sp³-hybridized carbons (Fsp3) is 0.755. The van der Waals surface area contributed by atoms with Crippen molar-refractivity contribution < 1.29 is 34.1 Å². The number of nitrogens with zero attached hydrogens (tertiary/aromatic N) is 1. The standard InChI is InChI=1S/C49H73NO7/c1-30(2)25-39(53)50(28-32-15-13-12-14-16-32)29-37(52)49-24-23-47(10)33(42(49)41(31(3)4)34(51)26-49)17-18-36-46(9)21-20-38(57-40(54)27-44(5,6)43(55)56)45(7,8)35(46)19-22-48(36,47)11/h12-16,30-31,33,35-38,52H,17-29H2,1-11H3,(H,55,56)/t33-,35+,36-,37?,38+,46+,47-,48-,49?/m1/s1. The highest BCUT2D eigenvalue weighted by Crippen LogP contribution is 2.77. The topological polar surface area (TPSA) is 121 Å². The predicted octanol–water partition coefficient (Wildman–Crippen LogP) is 9.82. The normalized spacial score (nSPS) is 35.2. The smallest absolute Gasteiger partial charge is 0.309 e. The lowest BCUT2D eigenvalue weighted by Gasteiger charge is -2.72. The molecule has 1 aromatic rings. The number of hydrogen-bond acceptors (Lipinski definition) is 6. The Morgan fingerprint density at radius 1 is 0.877 bits per heavy atom. The average Bonchev–Trinajstić information content (AvgIpc) is 3.42. The summed E-state index contributed by atoms with van der Waals surface area (Å²) in [6, 6.07) is 10.0. The number of aliphatic hydroxyl groups excluding tert-OH is 1. The number of carboxylic acids is 1. The Labute approximate surface area is 343 Å². The zero-order valence-electron chi connectivity index (χ0n) is 37.0. The molecule has 0 aliphatic heterocycles. The largest absolute Gasteiger partial charge is 0.481 e. The Morgan fingerprint density at radius 3 is 2.16 bits per heavy atom. The van der Waals surface area contributed by atoms with Crippen molar-refractivity contribution in [3.05, 3.63) is 47.0 Å². The van der Waals surface area contributed by atoms with E-state index in [1.165, 1.54) is 5.57 Å². The lowest BCUT2D eigenvalue weighted by atomic mass is 9.33. The summed E-state index contributed by atoms with van der Waals surface area (Å²) in [5, 5.41) is 22.3. The molecule has 5 aliphatic rings. The summed E-state index contributed by atoms with van der Waals surface area (Å²) in [5.74, 6) is -0.0257. The van der Waals surface area contributed by atoms with Crippen molar-refractivity contribution in [2.24, 2.45) is 62.1 Å². The lowest BCUT2D eigenvalue weighted by molar-refractivity contribution is -0.235. The number of carbonyl (C=O) groups excluding carboxylic acids is 3. The van der Waals surface area contributed by atoms with Crippen LogP contribution in [-0.2, 0) is 30.5 Å². The lowest BCUT2D eigenvalue weighted by Crippen LogP contribution is -2.66. The molecule has 8 nitrogen and oxygen atoms in total. The number of esters is 1. The fourth-order valence-electron chi connectivity index (χ4n) is 13.8. The van der Waals surface area contributed by atoms with Gasteiger partial charge in [0, 0.05) is 36.8 Å². The minimum Gasteiger partial charge on any atom is -0.481 e. The zero-order chi connectivity index (χ0) is 42.1. The number of carboxylic acid groups (broad SMARTS) is 1. The third-order valence-electron chi connectivity index (χ3n) is 17.0. The van der Waals surface area contributed by atoms with E-state index >= 15 is 0 Å². The van der Waals surface area contributed by atoms with Crippen LogP contribution in [0.15, 0.2) is 41.5 Å². The van der Waals surface area contributed by atoms with Crippen molar-refractivity contribution in [3.63, 3.8) is 0 Å². The molecule has 1 aromatic carbocycles. The van der Waals surface area contributed by atoms with Crippen molar-refractivity contribution >= 4 is 23.6 Å². The molecule has 0 aromatic heterocycles. The van der Waals surface area contributed by atoms with Gasteiger partial charge in [0.05, 0.1) is 17.9 Å². The van der Waals surface area contributed by atoms with Gasteiger partial charge in [-0.25, -0.2) is 0 Å². The minimum absolute atomic E-state index is 0.00329. The molecule has 1 amide bonds. The van der Waals surface area contributed by atoms with Gasteiger partial charge in [0.1, 0.15) is 6.10 Å². The van der Waals surface area contributed by atoms with Crippen LogP contribution < -0.4 is 0 Å². The van der Waals surface area contributed by atoms with E-state index in [0.29, 0.717) is 31.2 Å². The first kappa shape index (κ1) is 43.6. The van der Waals surface area contributed by atoms with Crippen molar-refractivity contribution in [3.8, 4) is 0 Å². The van der Waals surface area contributed by atoms with E-state index in [0.717, 1.165) is 62.5 Å². The molecule has 5 aliphatic carbocycles. The summed E-state index contributed by atoms with van der Waals surface area (Å²) in [7, 11) is 0. The number of amides is 1. The Bertz CT molecular complexity index is 1760. The first-order valence-electron chi connectivity index (χ1n) is 22.1. The van der Waals surface area contributed by atoms with Gasteiger partial charge < -0.3 is 19.8 Å². The molecule has 2 unspecified atom stereocenters. The molecule has 316 valence electrons. The highest BCUT2D eigenvalue weighted by molar-refractivity contribution is 6.00. The molecule has 57 heavy (non-hydrogen) atoms. The molecule has 9 atom stereocenters. The number of ketones is 1. The number of fused-ring (bicyclic) bond motifs is 7. The molecule has 0 spiro atoms. The molecular weight excluding hydrogens is 715 g/mol. The van der Waals surface area contributed by atoms with E-state index in [1.54, 1.807) is 13.8 Å². The number of Topliss-reactive ketones (excluding diaryl/α,β-unsaturated/α-hetero) is 1. The number of hydrogen-bond donors (Lipinski definition) is 2. The molecular formula is C49H73NO7. The van der Waals surface area contributed by atoms with Gasteiger partial charge in [0.2, 0.25) is 5.91 Å². The van der Waals surface area contributed by atoms with Crippen LogP contribution in [0.5, 0.6) is 0 Å². The predicted molar refractivity (Wildman–Crippen MR) is 223 cm³/mol. The maximum absolute atomic E-state index is 14.3. The number of carbonyl (C=O) groups is 4. The summed E-state index contributed by atoms with van der Waals surface area (Å²) < 4.78 is 6.18. The number of aliphatic hydroxyl groups is 1. The molecule has 0 bridgehead atoms. The first-order chi connectivity index (χ1) is 26.4. The second-order valence-corrected chi connectivity index (χ2v) is 21.9. The second-order valence-electron chi connectivity index (χ2n) is 21.9. The van der Waals surface area contributed by atoms with Crippen LogP contribution in [0.1, 0.15) is 152 Å². The van der Waals surface area contributed by atoms with Gasteiger partial charge in [-0.15, -0.1) is 0 Å². The van der Waals surface area contributed by atoms with E-state index in [2.05, 4.69) is 62.3 Å². The summed E-state index contributed by atoms with van der Waals surface area (Å²) >= 11 is 0. The molecule has 4 fully saturated rings. The van der Waals surface area contributed by atoms with E-state index in [1.807, 2.05) is 35.2 Å². The average molecular weight is 788 g/mol. The molecule has 0 radical (unpaired) electrons. The molecule has 2 N–H and O–H groups in total. The second kappa shape index (κ2) is 15.2. The molecule has 0 saturated heterocycles. The monoisotopic (exact) mass is 788 g/mol. The third kappa shape index (κ3) is 7.24. The van der Waals surface area contributed by atoms with Crippen molar-refractivity contribution in [1.82, 2.24) is 4.90 Å². The quantitative estimate of drug-likeness (QED) is 0.202. The molecule has 6 rings (SSSR count). The highest BCUT2D eigenvalue weighted by Gasteiger charge is 2.71. The van der Waals surface area contributed by atoms with E-state index in [9.17, 15) is 29.4 Å². The highest BCUT2D eigenvalue weighted by atomic mass is 16.5. The Hall–Kier alpha value is -3.00. The van der Waals surface area contributed by atoms with Gasteiger partial charge >= 0.3 is 11.9 Å². The molecule has 0 heterocycles. The number of aliphatic carboxylic acids is 1. The first-order valence-corrected chi connectivity index (χ1v) is 22.1. The van der Waals surface area contributed by atoms with Gasteiger partial charge in [-0.1, -0.05) is 98.2 Å². The Kier molecular flexibility index (Phi) is 11.6. The maximum Gasteiger partial charge on any atom is 0.309 e. The van der Waals surface area contributed by atoms with Crippen LogP contribution in [0.25, 0.3) is 0 Å².